The minimum absolute atomic E-state index is 0.000857. The molecular weight excluding hydrogens is 414 g/mol. The summed E-state index contributed by atoms with van der Waals surface area (Å²) in [6.07, 6.45) is 6.52. The summed E-state index contributed by atoms with van der Waals surface area (Å²) < 4.78 is 7.46. The number of imidazole rings is 1. The van der Waals surface area contributed by atoms with Crippen molar-refractivity contribution in [3.8, 4) is 5.82 Å². The van der Waals surface area contributed by atoms with Crippen molar-refractivity contribution < 1.29 is 9.53 Å². The average molecular weight is 446 g/mol. The molecule has 1 amide bonds. The normalized spacial score (nSPS) is 19.2. The number of amides is 1. The molecule has 33 heavy (non-hydrogen) atoms. The molecule has 172 valence electrons. The van der Waals surface area contributed by atoms with Gasteiger partial charge in [-0.25, -0.2) is 9.97 Å². The fraction of sp³-hybridized carbons (Fsp3) is 0.423. The first kappa shape index (κ1) is 21.8. The third-order valence-electron chi connectivity index (χ3n) is 6.60. The first-order valence-electron chi connectivity index (χ1n) is 11.9. The standard InChI is InChI=1S/C26H31N5O2/c1-2-24-27-12-14-31(24)25-7-3-5-22(28-25)23-6-4-13-30(23)26(32)21-10-8-20(9-11-21)19-29-15-17-33-18-16-29/h3,5,7-12,14,23H,2,4,6,13,15-19H2,1H3/t23-/m1/s1. The molecular formula is C26H31N5O2. The Kier molecular flexibility index (Phi) is 6.51. The Hall–Kier alpha value is -3.03. The highest BCUT2D eigenvalue weighted by molar-refractivity contribution is 5.94. The third-order valence-corrected chi connectivity index (χ3v) is 6.60. The zero-order valence-electron chi connectivity index (χ0n) is 19.2. The smallest absolute Gasteiger partial charge is 0.254 e. The second-order valence-electron chi connectivity index (χ2n) is 8.73. The molecule has 2 saturated heterocycles. The monoisotopic (exact) mass is 445 g/mol. The van der Waals surface area contributed by atoms with E-state index in [1.165, 1.54) is 5.56 Å². The molecule has 2 fully saturated rings. The van der Waals surface area contributed by atoms with E-state index in [0.29, 0.717) is 0 Å². The Morgan fingerprint density at radius 3 is 2.70 bits per heavy atom. The summed E-state index contributed by atoms with van der Waals surface area (Å²) in [6.45, 7) is 7.25. The summed E-state index contributed by atoms with van der Waals surface area (Å²) in [4.78, 5) is 27.1. The van der Waals surface area contributed by atoms with Crippen molar-refractivity contribution in [3.05, 3.63) is 77.5 Å². The van der Waals surface area contributed by atoms with Crippen molar-refractivity contribution >= 4 is 5.91 Å². The van der Waals surface area contributed by atoms with Gasteiger partial charge in [0, 0.05) is 50.6 Å². The maximum absolute atomic E-state index is 13.4. The predicted octanol–water partition coefficient (Wildman–Crippen LogP) is 3.64. The molecule has 4 heterocycles. The number of benzene rings is 1. The van der Waals surface area contributed by atoms with Gasteiger partial charge in [0.15, 0.2) is 0 Å². The van der Waals surface area contributed by atoms with Crippen LogP contribution in [-0.4, -0.2) is 63.1 Å². The van der Waals surface area contributed by atoms with E-state index in [2.05, 4.69) is 28.9 Å². The van der Waals surface area contributed by atoms with E-state index in [1.807, 2.05) is 46.0 Å². The van der Waals surface area contributed by atoms with Gasteiger partial charge in [-0.2, -0.15) is 0 Å². The maximum Gasteiger partial charge on any atom is 0.254 e. The number of carbonyl (C=O) groups is 1. The van der Waals surface area contributed by atoms with Gasteiger partial charge in [-0.05, 0) is 42.7 Å². The lowest BCUT2D eigenvalue weighted by Crippen LogP contribution is -2.35. The van der Waals surface area contributed by atoms with Gasteiger partial charge in [-0.15, -0.1) is 0 Å². The molecule has 2 aliphatic rings. The lowest BCUT2D eigenvalue weighted by molar-refractivity contribution is 0.0342. The molecule has 0 spiro atoms. The zero-order chi connectivity index (χ0) is 22.6. The van der Waals surface area contributed by atoms with Crippen molar-refractivity contribution in [2.45, 2.75) is 38.8 Å². The van der Waals surface area contributed by atoms with Crippen LogP contribution < -0.4 is 0 Å². The largest absolute Gasteiger partial charge is 0.379 e. The van der Waals surface area contributed by atoms with Crippen molar-refractivity contribution in [2.75, 3.05) is 32.8 Å². The zero-order valence-corrected chi connectivity index (χ0v) is 19.2. The molecule has 7 heteroatoms. The number of nitrogens with zero attached hydrogens (tertiary/aromatic N) is 5. The topological polar surface area (TPSA) is 63.5 Å². The summed E-state index contributed by atoms with van der Waals surface area (Å²) >= 11 is 0. The molecule has 1 aromatic carbocycles. The van der Waals surface area contributed by atoms with E-state index in [9.17, 15) is 4.79 Å². The summed E-state index contributed by atoms with van der Waals surface area (Å²) in [5, 5.41) is 0. The number of aromatic nitrogens is 3. The Bertz CT molecular complexity index is 1090. The first-order chi connectivity index (χ1) is 16.2. The number of aryl methyl sites for hydroxylation is 1. The minimum Gasteiger partial charge on any atom is -0.379 e. The number of rotatable bonds is 6. The number of pyridine rings is 1. The fourth-order valence-electron chi connectivity index (χ4n) is 4.82. The van der Waals surface area contributed by atoms with E-state index >= 15 is 0 Å². The SMILES string of the molecule is CCc1nccn1-c1cccc([C@H]2CCCN2C(=O)c2ccc(CN3CCOCC3)cc2)n1. The highest BCUT2D eigenvalue weighted by atomic mass is 16.5. The van der Waals surface area contributed by atoms with Gasteiger partial charge >= 0.3 is 0 Å². The third kappa shape index (κ3) is 4.70. The Morgan fingerprint density at radius 1 is 1.09 bits per heavy atom. The van der Waals surface area contributed by atoms with E-state index in [-0.39, 0.29) is 11.9 Å². The molecule has 0 aliphatic carbocycles. The summed E-state index contributed by atoms with van der Waals surface area (Å²) in [7, 11) is 0. The second kappa shape index (κ2) is 9.85. The van der Waals surface area contributed by atoms with Gasteiger partial charge in [0.05, 0.1) is 24.9 Å². The molecule has 0 N–H and O–H groups in total. The van der Waals surface area contributed by atoms with Crippen LogP contribution in [0, 0.1) is 0 Å². The second-order valence-corrected chi connectivity index (χ2v) is 8.73. The van der Waals surface area contributed by atoms with Gasteiger partial charge in [0.2, 0.25) is 0 Å². The van der Waals surface area contributed by atoms with Gasteiger partial charge < -0.3 is 9.64 Å². The van der Waals surface area contributed by atoms with E-state index < -0.39 is 0 Å². The lowest BCUT2D eigenvalue weighted by atomic mass is 10.1. The predicted molar refractivity (Wildman–Crippen MR) is 126 cm³/mol. The minimum atomic E-state index is -0.000857. The van der Waals surface area contributed by atoms with Crippen LogP contribution in [0.1, 0.15) is 53.2 Å². The van der Waals surface area contributed by atoms with Crippen LogP contribution >= 0.6 is 0 Å². The molecule has 0 bridgehead atoms. The van der Waals surface area contributed by atoms with Crippen molar-refractivity contribution in [3.63, 3.8) is 0 Å². The molecule has 2 aliphatic heterocycles. The molecule has 2 aromatic heterocycles. The molecule has 3 aromatic rings. The Morgan fingerprint density at radius 2 is 1.91 bits per heavy atom. The molecule has 0 unspecified atom stereocenters. The van der Waals surface area contributed by atoms with Crippen LogP contribution in [0.15, 0.2) is 54.9 Å². The molecule has 0 saturated carbocycles. The summed E-state index contributed by atoms with van der Waals surface area (Å²) in [5.41, 5.74) is 2.91. The number of hydrogen-bond acceptors (Lipinski definition) is 5. The number of carbonyl (C=O) groups excluding carboxylic acids is 1. The van der Waals surface area contributed by atoms with Gasteiger partial charge in [0.25, 0.3) is 5.91 Å². The highest BCUT2D eigenvalue weighted by Crippen LogP contribution is 2.32. The molecule has 5 rings (SSSR count). The van der Waals surface area contributed by atoms with Gasteiger partial charge in [-0.1, -0.05) is 25.1 Å². The number of morpholine rings is 1. The summed E-state index contributed by atoms with van der Waals surface area (Å²) in [5.74, 6) is 1.92. The quantitative estimate of drug-likeness (QED) is 0.580. The van der Waals surface area contributed by atoms with Gasteiger partial charge in [0.1, 0.15) is 11.6 Å². The number of hydrogen-bond donors (Lipinski definition) is 0. The van der Waals surface area contributed by atoms with Crippen LogP contribution in [0.4, 0.5) is 0 Å². The highest BCUT2D eigenvalue weighted by Gasteiger charge is 2.31. The average Bonchev–Trinajstić information content (AvgIpc) is 3.55. The summed E-state index contributed by atoms with van der Waals surface area (Å²) in [6, 6.07) is 14.2. The molecule has 1 atom stereocenters. The van der Waals surface area contributed by atoms with E-state index in [1.54, 1.807) is 6.20 Å². The fourth-order valence-corrected chi connectivity index (χ4v) is 4.82. The number of ether oxygens (including phenoxy) is 1. The Labute approximate surface area is 195 Å². The van der Waals surface area contributed by atoms with Crippen LogP contribution in [0.2, 0.25) is 0 Å². The van der Waals surface area contributed by atoms with E-state index in [0.717, 1.165) is 81.6 Å². The first-order valence-corrected chi connectivity index (χ1v) is 11.9. The van der Waals surface area contributed by atoms with Gasteiger partial charge in [-0.3, -0.25) is 14.3 Å². The van der Waals surface area contributed by atoms with Crippen LogP contribution in [0.5, 0.6) is 0 Å². The molecule has 7 nitrogen and oxygen atoms in total. The number of likely N-dealkylation sites (tertiary alicyclic amines) is 1. The van der Waals surface area contributed by atoms with Crippen LogP contribution in [-0.2, 0) is 17.7 Å². The Balaban J connectivity index is 1.31. The van der Waals surface area contributed by atoms with Crippen LogP contribution in [0.3, 0.4) is 0 Å². The van der Waals surface area contributed by atoms with Crippen molar-refractivity contribution in [1.82, 2.24) is 24.3 Å². The maximum atomic E-state index is 13.4. The van der Waals surface area contributed by atoms with Crippen LogP contribution in [0.25, 0.3) is 5.82 Å². The van der Waals surface area contributed by atoms with E-state index in [4.69, 9.17) is 9.72 Å². The lowest BCUT2D eigenvalue weighted by Gasteiger charge is -2.27. The molecule has 0 radical (unpaired) electrons. The van der Waals surface area contributed by atoms with Crippen molar-refractivity contribution in [1.29, 1.82) is 0 Å². The van der Waals surface area contributed by atoms with Crippen molar-refractivity contribution in [2.24, 2.45) is 0 Å².